The van der Waals surface area contributed by atoms with Crippen molar-refractivity contribution in [2.45, 2.75) is 0 Å². The van der Waals surface area contributed by atoms with E-state index in [2.05, 4.69) is 9.97 Å². The van der Waals surface area contributed by atoms with Gasteiger partial charge < -0.3 is 20.0 Å². The smallest absolute Gasteiger partial charge is 0.272 e. The Kier molecular flexibility index (Phi) is 3.88. The van der Waals surface area contributed by atoms with Crippen LogP contribution in [-0.4, -0.2) is 14.5 Å². The van der Waals surface area contributed by atoms with E-state index < -0.39 is 11.6 Å². The maximum absolute atomic E-state index is 14.0. The van der Waals surface area contributed by atoms with E-state index in [1.165, 1.54) is 18.5 Å². The van der Waals surface area contributed by atoms with Gasteiger partial charge in [-0.25, -0.2) is 13.8 Å². The van der Waals surface area contributed by atoms with Crippen molar-refractivity contribution in [3.05, 3.63) is 70.9 Å². The Morgan fingerprint density at radius 2 is 2.00 bits per heavy atom. The Labute approximate surface area is 151 Å². The molecule has 0 aliphatic carbocycles. The fraction of sp³-hybridized carbons (Fsp3) is 0.0526. The van der Waals surface area contributed by atoms with Gasteiger partial charge in [0.2, 0.25) is 5.88 Å². The second-order valence-electron chi connectivity index (χ2n) is 6.02. The first-order chi connectivity index (χ1) is 12.9. The van der Waals surface area contributed by atoms with Gasteiger partial charge in [-0.3, -0.25) is 4.79 Å². The minimum absolute atomic E-state index is 0.0856. The van der Waals surface area contributed by atoms with E-state index in [-0.39, 0.29) is 17.2 Å². The molecule has 0 amide bonds. The molecule has 1 aromatic carbocycles. The van der Waals surface area contributed by atoms with E-state index >= 15 is 0 Å². The number of nitrogens with zero attached hydrogens (tertiary/aromatic N) is 2. The van der Waals surface area contributed by atoms with Gasteiger partial charge in [0.15, 0.2) is 11.6 Å². The number of nitrogens with one attached hydrogen (secondary N) is 1. The zero-order valence-electron chi connectivity index (χ0n) is 14.2. The minimum atomic E-state index is -0.853. The van der Waals surface area contributed by atoms with Gasteiger partial charge in [-0.15, -0.1) is 0 Å². The van der Waals surface area contributed by atoms with Crippen LogP contribution in [0.2, 0.25) is 0 Å². The van der Waals surface area contributed by atoms with Crippen molar-refractivity contribution in [3.63, 3.8) is 0 Å². The highest BCUT2D eigenvalue weighted by Gasteiger charge is 2.18. The molecule has 0 unspecified atom stereocenters. The molecule has 4 aromatic rings. The molecule has 0 atom stereocenters. The van der Waals surface area contributed by atoms with Crippen molar-refractivity contribution in [2.24, 2.45) is 7.05 Å². The first-order valence-electron chi connectivity index (χ1n) is 7.99. The number of aryl methyl sites for hydroxylation is 1. The van der Waals surface area contributed by atoms with Crippen LogP contribution >= 0.6 is 0 Å². The molecule has 136 valence electrons. The number of hydrogen-bond acceptors (Lipinski definition) is 4. The molecular weight excluding hydrogens is 354 g/mol. The maximum Gasteiger partial charge on any atom is 0.272 e. The molecule has 3 aromatic heterocycles. The van der Waals surface area contributed by atoms with Gasteiger partial charge >= 0.3 is 0 Å². The summed E-state index contributed by atoms with van der Waals surface area (Å²) in [5.41, 5.74) is 7.60. The van der Waals surface area contributed by atoms with Crippen LogP contribution in [-0.2, 0) is 7.05 Å². The number of halogens is 2. The molecule has 0 spiro atoms. The van der Waals surface area contributed by atoms with Crippen LogP contribution in [0, 0.1) is 11.6 Å². The second kappa shape index (κ2) is 6.24. The molecule has 0 bridgehead atoms. The summed E-state index contributed by atoms with van der Waals surface area (Å²) in [7, 11) is 1.74. The van der Waals surface area contributed by atoms with E-state index in [1.807, 2.05) is 0 Å². The summed E-state index contributed by atoms with van der Waals surface area (Å²) in [4.78, 5) is 18.9. The molecule has 0 fully saturated rings. The third-order valence-electron chi connectivity index (χ3n) is 4.16. The van der Waals surface area contributed by atoms with Crippen molar-refractivity contribution < 1.29 is 13.5 Å². The number of fused-ring (bicyclic) bond motifs is 1. The highest BCUT2D eigenvalue weighted by Crippen LogP contribution is 2.37. The fourth-order valence-corrected chi connectivity index (χ4v) is 2.98. The SMILES string of the molecule is Cn1cc(-c2cc(N)cnc2Oc2ccc(F)cc2F)c2cc[nH]c(=O)c21. The number of aromatic amines is 1. The molecule has 0 saturated heterocycles. The lowest BCUT2D eigenvalue weighted by Crippen LogP contribution is -2.07. The van der Waals surface area contributed by atoms with Crippen LogP contribution in [0.5, 0.6) is 11.6 Å². The normalized spacial score (nSPS) is 11.1. The predicted octanol–water partition coefficient (Wildman–Crippen LogP) is 3.58. The molecule has 6 nitrogen and oxygen atoms in total. The van der Waals surface area contributed by atoms with Crippen molar-refractivity contribution in [2.75, 3.05) is 5.73 Å². The Hall–Kier alpha value is -3.68. The van der Waals surface area contributed by atoms with Crippen LogP contribution in [0.1, 0.15) is 0 Å². The summed E-state index contributed by atoms with van der Waals surface area (Å²) in [6.07, 6.45) is 4.65. The minimum Gasteiger partial charge on any atom is -0.435 e. The van der Waals surface area contributed by atoms with Crippen LogP contribution in [0.4, 0.5) is 14.5 Å². The monoisotopic (exact) mass is 368 g/mol. The van der Waals surface area contributed by atoms with E-state index in [4.69, 9.17) is 10.5 Å². The van der Waals surface area contributed by atoms with E-state index in [9.17, 15) is 13.6 Å². The van der Waals surface area contributed by atoms with Crippen LogP contribution in [0.15, 0.2) is 53.7 Å². The van der Waals surface area contributed by atoms with Crippen LogP contribution in [0.25, 0.3) is 22.0 Å². The number of hydrogen-bond donors (Lipinski definition) is 2. The average Bonchev–Trinajstić information content (AvgIpc) is 2.96. The van der Waals surface area contributed by atoms with Gasteiger partial charge in [-0.2, -0.15) is 0 Å². The summed E-state index contributed by atoms with van der Waals surface area (Å²) in [5, 5.41) is 0.665. The van der Waals surface area contributed by atoms with E-state index in [0.717, 1.165) is 12.1 Å². The average molecular weight is 368 g/mol. The zero-order chi connectivity index (χ0) is 19.1. The number of pyridine rings is 2. The molecule has 0 saturated carbocycles. The standard InChI is InChI=1S/C19H14F2N4O2/c1-25-9-14(12-4-5-23-18(26)17(12)25)13-7-11(22)8-24-19(13)27-16-3-2-10(20)6-15(16)21/h2-9H,22H2,1H3,(H,23,26). The number of nitrogens with two attached hydrogens (primary N) is 1. The summed E-state index contributed by atoms with van der Waals surface area (Å²) in [6, 6.07) is 6.37. The second-order valence-corrected chi connectivity index (χ2v) is 6.02. The lowest BCUT2D eigenvalue weighted by atomic mass is 10.1. The van der Waals surface area contributed by atoms with Gasteiger partial charge in [0, 0.05) is 42.0 Å². The van der Waals surface area contributed by atoms with Crippen molar-refractivity contribution >= 4 is 16.6 Å². The number of anilines is 1. The lowest BCUT2D eigenvalue weighted by molar-refractivity contribution is 0.425. The number of ether oxygens (including phenoxy) is 1. The van der Waals surface area contributed by atoms with E-state index in [1.54, 1.807) is 29.9 Å². The third kappa shape index (κ3) is 2.91. The quantitative estimate of drug-likeness (QED) is 0.579. The topological polar surface area (TPSA) is 85.9 Å². The molecule has 27 heavy (non-hydrogen) atoms. The first-order valence-corrected chi connectivity index (χ1v) is 7.99. The van der Waals surface area contributed by atoms with Crippen molar-refractivity contribution in [3.8, 4) is 22.8 Å². The number of rotatable bonds is 3. The highest BCUT2D eigenvalue weighted by molar-refractivity contribution is 5.97. The molecule has 0 aliphatic rings. The Bertz CT molecular complexity index is 1230. The molecule has 3 heterocycles. The molecule has 4 rings (SSSR count). The molecule has 0 radical (unpaired) electrons. The summed E-state index contributed by atoms with van der Waals surface area (Å²) < 4.78 is 34.4. The zero-order valence-corrected chi connectivity index (χ0v) is 14.2. The summed E-state index contributed by atoms with van der Waals surface area (Å²) in [5.74, 6) is -1.65. The first kappa shape index (κ1) is 16.8. The van der Waals surface area contributed by atoms with Gasteiger partial charge in [0.25, 0.3) is 5.56 Å². The summed E-state index contributed by atoms with van der Waals surface area (Å²) in [6.45, 7) is 0. The number of nitrogen functional groups attached to an aromatic ring is 1. The Balaban J connectivity index is 1.91. The van der Waals surface area contributed by atoms with E-state index in [0.29, 0.717) is 27.7 Å². The molecule has 3 N–H and O–H groups in total. The highest BCUT2D eigenvalue weighted by atomic mass is 19.1. The van der Waals surface area contributed by atoms with Gasteiger partial charge in [0.05, 0.1) is 11.9 Å². The number of aromatic nitrogens is 3. The lowest BCUT2D eigenvalue weighted by Gasteiger charge is -2.11. The maximum atomic E-state index is 14.0. The van der Waals surface area contributed by atoms with Gasteiger partial charge in [-0.1, -0.05) is 0 Å². The molecular formula is C19H14F2N4O2. The van der Waals surface area contributed by atoms with Crippen molar-refractivity contribution in [1.82, 2.24) is 14.5 Å². The largest absolute Gasteiger partial charge is 0.435 e. The fourth-order valence-electron chi connectivity index (χ4n) is 2.98. The predicted molar refractivity (Wildman–Crippen MR) is 97.6 cm³/mol. The number of H-pyrrole nitrogens is 1. The van der Waals surface area contributed by atoms with Gasteiger partial charge in [-0.05, 0) is 24.3 Å². The number of benzene rings is 1. The third-order valence-corrected chi connectivity index (χ3v) is 4.16. The Morgan fingerprint density at radius 1 is 1.19 bits per heavy atom. The molecule has 0 aliphatic heterocycles. The van der Waals surface area contributed by atoms with Crippen LogP contribution < -0.4 is 16.0 Å². The Morgan fingerprint density at radius 3 is 2.78 bits per heavy atom. The van der Waals surface area contributed by atoms with Crippen LogP contribution in [0.3, 0.4) is 0 Å². The summed E-state index contributed by atoms with van der Waals surface area (Å²) >= 11 is 0. The molecule has 8 heteroatoms. The van der Waals surface area contributed by atoms with Crippen molar-refractivity contribution in [1.29, 1.82) is 0 Å². The van der Waals surface area contributed by atoms with Gasteiger partial charge in [0.1, 0.15) is 11.3 Å².